The Morgan fingerprint density at radius 2 is 1.94 bits per heavy atom. The van der Waals surface area contributed by atoms with E-state index in [1.807, 2.05) is 30.5 Å². The lowest BCUT2D eigenvalue weighted by atomic mass is 10.2. The molecule has 6 nitrogen and oxygen atoms in total. The van der Waals surface area contributed by atoms with Gasteiger partial charge in [0.25, 0.3) is 5.91 Å². The minimum Gasteiger partial charge on any atom is -0.312 e. The third-order valence-corrected chi connectivity index (χ3v) is 7.90. The molecule has 0 radical (unpaired) electrons. The van der Waals surface area contributed by atoms with Crippen LogP contribution < -0.4 is 4.80 Å². The summed E-state index contributed by atoms with van der Waals surface area (Å²) in [4.78, 5) is 17.9. The summed E-state index contributed by atoms with van der Waals surface area (Å²) in [5.74, 6) is -0.413. The molecule has 1 amide bonds. The van der Waals surface area contributed by atoms with Crippen molar-refractivity contribution in [2.75, 3.05) is 13.6 Å². The smallest absolute Gasteiger partial charge is 0.279 e. The molecule has 1 heterocycles. The van der Waals surface area contributed by atoms with E-state index in [-0.39, 0.29) is 4.90 Å². The van der Waals surface area contributed by atoms with Gasteiger partial charge in [0.1, 0.15) is 0 Å². The number of nitrogens with zero attached hydrogens (tertiary/aromatic N) is 3. The van der Waals surface area contributed by atoms with Gasteiger partial charge in [-0.15, -0.1) is 6.58 Å². The minimum absolute atomic E-state index is 0.168. The first-order valence-electron chi connectivity index (χ1n) is 10.1. The van der Waals surface area contributed by atoms with Gasteiger partial charge in [-0.25, -0.2) is 12.7 Å². The lowest BCUT2D eigenvalue weighted by molar-refractivity contribution is 0.0998. The first-order chi connectivity index (χ1) is 14.8. The molecule has 0 saturated carbocycles. The second-order valence-electron chi connectivity index (χ2n) is 7.38. The van der Waals surface area contributed by atoms with E-state index < -0.39 is 15.9 Å². The fraction of sp³-hybridized carbons (Fsp3) is 0.304. The quantitative estimate of drug-likeness (QED) is 0.472. The minimum atomic E-state index is -3.57. The molecule has 0 aliphatic carbocycles. The van der Waals surface area contributed by atoms with Gasteiger partial charge in [-0.1, -0.05) is 36.8 Å². The van der Waals surface area contributed by atoms with Crippen molar-refractivity contribution in [1.82, 2.24) is 8.87 Å². The largest absolute Gasteiger partial charge is 0.312 e. The molecule has 3 rings (SSSR count). The summed E-state index contributed by atoms with van der Waals surface area (Å²) in [6.45, 7) is 8.84. The zero-order chi connectivity index (χ0) is 22.6. The van der Waals surface area contributed by atoms with Crippen LogP contribution >= 0.6 is 11.3 Å². The predicted octanol–water partition coefficient (Wildman–Crippen LogP) is 4.36. The van der Waals surface area contributed by atoms with Crippen molar-refractivity contribution in [3.8, 4) is 0 Å². The molecule has 0 bridgehead atoms. The van der Waals surface area contributed by atoms with Gasteiger partial charge in [-0.05, 0) is 55.3 Å². The average Bonchev–Trinajstić information content (AvgIpc) is 3.08. The van der Waals surface area contributed by atoms with E-state index in [0.29, 0.717) is 23.5 Å². The van der Waals surface area contributed by atoms with Gasteiger partial charge in [0.05, 0.1) is 15.1 Å². The highest BCUT2D eigenvalue weighted by atomic mass is 32.2. The van der Waals surface area contributed by atoms with Crippen LogP contribution in [0.25, 0.3) is 10.2 Å². The van der Waals surface area contributed by atoms with Crippen LogP contribution in [-0.4, -0.2) is 36.8 Å². The Hall–Kier alpha value is -2.55. The second kappa shape index (κ2) is 9.72. The zero-order valence-electron chi connectivity index (χ0n) is 18.0. The van der Waals surface area contributed by atoms with Crippen LogP contribution in [0.2, 0.25) is 0 Å². The highest BCUT2D eigenvalue weighted by Gasteiger charge is 2.20. The number of carbonyl (C=O) groups is 1. The zero-order valence-corrected chi connectivity index (χ0v) is 19.7. The van der Waals surface area contributed by atoms with Crippen LogP contribution in [0.15, 0.2) is 65.0 Å². The summed E-state index contributed by atoms with van der Waals surface area (Å²) in [5.41, 5.74) is 2.48. The predicted molar refractivity (Wildman–Crippen MR) is 126 cm³/mol. The van der Waals surface area contributed by atoms with Crippen molar-refractivity contribution in [2.24, 2.45) is 4.99 Å². The van der Waals surface area contributed by atoms with Gasteiger partial charge in [0, 0.05) is 25.7 Å². The number of aryl methyl sites for hydroxylation is 1. The summed E-state index contributed by atoms with van der Waals surface area (Å²) in [5, 5.41) is 0. The number of unbranched alkanes of at least 4 members (excludes halogenated alkanes) is 1. The Bertz CT molecular complexity index is 1270. The third-order valence-electron chi connectivity index (χ3n) is 4.98. The van der Waals surface area contributed by atoms with E-state index >= 15 is 0 Å². The summed E-state index contributed by atoms with van der Waals surface area (Å²) < 4.78 is 29.7. The molecule has 3 aromatic rings. The molecular formula is C23H27N3O3S2. The number of thiazole rings is 1. The van der Waals surface area contributed by atoms with Crippen LogP contribution in [0.5, 0.6) is 0 Å². The first kappa shape index (κ1) is 23.1. The fourth-order valence-corrected chi connectivity index (χ4v) is 5.52. The van der Waals surface area contributed by atoms with Crippen molar-refractivity contribution in [3.63, 3.8) is 0 Å². The van der Waals surface area contributed by atoms with Crippen LogP contribution in [0.3, 0.4) is 0 Å². The van der Waals surface area contributed by atoms with Crippen LogP contribution in [0.1, 0.15) is 35.7 Å². The highest BCUT2D eigenvalue weighted by Crippen LogP contribution is 2.20. The highest BCUT2D eigenvalue weighted by molar-refractivity contribution is 7.89. The molecule has 31 heavy (non-hydrogen) atoms. The number of hydrogen-bond donors (Lipinski definition) is 0. The monoisotopic (exact) mass is 457 g/mol. The first-order valence-corrected chi connectivity index (χ1v) is 12.4. The summed E-state index contributed by atoms with van der Waals surface area (Å²) >= 11 is 1.45. The van der Waals surface area contributed by atoms with E-state index in [1.165, 1.54) is 39.9 Å². The maximum atomic E-state index is 12.8. The molecule has 0 fully saturated rings. The molecule has 2 aromatic carbocycles. The molecule has 164 valence electrons. The number of benzene rings is 2. The number of carbonyl (C=O) groups excluding carboxylic acids is 1. The normalized spacial score (nSPS) is 12.6. The molecule has 8 heteroatoms. The summed E-state index contributed by atoms with van der Waals surface area (Å²) in [6.07, 6.45) is 3.48. The van der Waals surface area contributed by atoms with E-state index in [2.05, 4.69) is 17.6 Å². The van der Waals surface area contributed by atoms with E-state index in [0.717, 1.165) is 28.6 Å². The topological polar surface area (TPSA) is 71.7 Å². The SMILES string of the molecule is C=CCn1c(=NC(=O)c2ccc(S(=O)(=O)N(C)CCCC)cc2)sc2cc(C)ccc21. The van der Waals surface area contributed by atoms with Gasteiger partial charge in [0.15, 0.2) is 4.80 Å². The van der Waals surface area contributed by atoms with Crippen molar-refractivity contribution in [3.05, 3.63) is 71.0 Å². The molecule has 0 N–H and O–H groups in total. The fourth-order valence-electron chi connectivity index (χ4n) is 3.17. The Morgan fingerprint density at radius 1 is 1.23 bits per heavy atom. The number of amides is 1. The maximum Gasteiger partial charge on any atom is 0.279 e. The van der Waals surface area contributed by atoms with Crippen molar-refractivity contribution in [1.29, 1.82) is 0 Å². The number of allylic oxidation sites excluding steroid dienone is 1. The maximum absolute atomic E-state index is 12.8. The van der Waals surface area contributed by atoms with Crippen LogP contribution in [-0.2, 0) is 16.6 Å². The van der Waals surface area contributed by atoms with Crippen molar-refractivity contribution < 1.29 is 13.2 Å². The Balaban J connectivity index is 1.93. The van der Waals surface area contributed by atoms with Gasteiger partial charge in [-0.3, -0.25) is 4.79 Å². The Labute approximate surface area is 187 Å². The molecule has 0 saturated heterocycles. The van der Waals surface area contributed by atoms with E-state index in [9.17, 15) is 13.2 Å². The lowest BCUT2D eigenvalue weighted by Crippen LogP contribution is -2.27. The van der Waals surface area contributed by atoms with Crippen LogP contribution in [0, 0.1) is 6.92 Å². The standard InChI is InChI=1S/C23H27N3O3S2/c1-5-7-15-25(4)31(28,29)19-11-9-18(10-12-19)22(27)24-23-26(14-6-2)20-13-8-17(3)16-21(20)30-23/h6,8-13,16H,2,5,7,14-15H2,1,3-4H3. The molecule has 0 aliphatic rings. The van der Waals surface area contributed by atoms with Gasteiger partial charge in [0.2, 0.25) is 10.0 Å². The molecule has 0 spiro atoms. The number of aromatic nitrogens is 1. The number of sulfonamides is 1. The molecule has 0 unspecified atom stereocenters. The Kier molecular flexibility index (Phi) is 7.25. The van der Waals surface area contributed by atoms with Gasteiger partial charge >= 0.3 is 0 Å². The molecule has 1 aromatic heterocycles. The third kappa shape index (κ3) is 5.03. The van der Waals surface area contributed by atoms with Gasteiger partial charge in [-0.2, -0.15) is 4.99 Å². The molecule has 0 aliphatic heterocycles. The van der Waals surface area contributed by atoms with E-state index in [1.54, 1.807) is 13.1 Å². The molecule has 0 atom stereocenters. The summed E-state index contributed by atoms with van der Waals surface area (Å²) in [7, 11) is -2.00. The van der Waals surface area contributed by atoms with E-state index in [4.69, 9.17) is 0 Å². The van der Waals surface area contributed by atoms with Gasteiger partial charge < -0.3 is 4.57 Å². The molecular weight excluding hydrogens is 430 g/mol. The summed E-state index contributed by atoms with van der Waals surface area (Å²) in [6, 6.07) is 12.1. The lowest BCUT2D eigenvalue weighted by Gasteiger charge is -2.16. The number of hydrogen-bond acceptors (Lipinski definition) is 4. The Morgan fingerprint density at radius 3 is 2.58 bits per heavy atom. The average molecular weight is 458 g/mol. The number of fused-ring (bicyclic) bond motifs is 1. The van der Waals surface area contributed by atoms with Crippen molar-refractivity contribution in [2.45, 2.75) is 38.1 Å². The number of rotatable bonds is 8. The second-order valence-corrected chi connectivity index (χ2v) is 10.4. The van der Waals surface area contributed by atoms with Crippen LogP contribution in [0.4, 0.5) is 0 Å². The van der Waals surface area contributed by atoms with Crippen molar-refractivity contribution >= 4 is 37.5 Å².